The fourth-order valence-corrected chi connectivity index (χ4v) is 1.24. The first-order valence-corrected chi connectivity index (χ1v) is 4.40. The largest absolute Gasteiger partial charge is 0.363 e. The molecule has 0 aromatic carbocycles. The number of nitrogens with one attached hydrogen (secondary N) is 1. The van der Waals surface area contributed by atoms with Crippen LogP contribution in [0.15, 0.2) is 30.9 Å². The molecular formula is C10H12N4. The number of pyridine rings is 1. The van der Waals surface area contributed by atoms with Gasteiger partial charge in [-0.25, -0.2) is 9.97 Å². The lowest BCUT2D eigenvalue weighted by Crippen LogP contribution is -2.10. The Balaban J connectivity index is 2.41. The van der Waals surface area contributed by atoms with Crippen molar-refractivity contribution >= 4 is 5.82 Å². The van der Waals surface area contributed by atoms with Gasteiger partial charge >= 0.3 is 0 Å². The van der Waals surface area contributed by atoms with Crippen molar-refractivity contribution in [1.82, 2.24) is 15.0 Å². The third kappa shape index (κ3) is 1.59. The van der Waals surface area contributed by atoms with E-state index in [0.717, 1.165) is 17.1 Å². The van der Waals surface area contributed by atoms with Gasteiger partial charge in [-0.2, -0.15) is 0 Å². The number of rotatable bonds is 2. The van der Waals surface area contributed by atoms with E-state index in [1.165, 1.54) is 0 Å². The second-order valence-corrected chi connectivity index (χ2v) is 3.25. The van der Waals surface area contributed by atoms with Crippen LogP contribution in [0.4, 0.5) is 5.82 Å². The molecule has 0 aliphatic carbocycles. The normalized spacial score (nSPS) is 10.1. The molecule has 1 N–H and O–H groups in total. The fourth-order valence-electron chi connectivity index (χ4n) is 1.24. The van der Waals surface area contributed by atoms with Crippen molar-refractivity contribution in [3.8, 4) is 11.3 Å². The van der Waals surface area contributed by atoms with Gasteiger partial charge in [0, 0.05) is 32.1 Å². The van der Waals surface area contributed by atoms with Gasteiger partial charge in [-0.15, -0.1) is 0 Å². The summed E-state index contributed by atoms with van der Waals surface area (Å²) < 4.78 is 0. The van der Waals surface area contributed by atoms with Crippen molar-refractivity contribution in [3.05, 3.63) is 30.9 Å². The minimum Gasteiger partial charge on any atom is -0.363 e. The van der Waals surface area contributed by atoms with Gasteiger partial charge in [0.1, 0.15) is 5.82 Å². The first kappa shape index (κ1) is 8.74. The molecule has 72 valence electrons. The highest BCUT2D eigenvalue weighted by Gasteiger charge is 2.02. The molecule has 2 aromatic heterocycles. The zero-order chi connectivity index (χ0) is 9.97. The first-order valence-electron chi connectivity index (χ1n) is 4.40. The van der Waals surface area contributed by atoms with Gasteiger partial charge in [0.05, 0.1) is 12.0 Å². The quantitative estimate of drug-likeness (QED) is 0.777. The van der Waals surface area contributed by atoms with Crippen LogP contribution in [0.25, 0.3) is 11.3 Å². The maximum atomic E-state index is 4.24. The molecule has 14 heavy (non-hydrogen) atoms. The minimum atomic E-state index is 0.936. The van der Waals surface area contributed by atoms with Crippen molar-refractivity contribution in [2.24, 2.45) is 0 Å². The Morgan fingerprint density at radius 2 is 2.14 bits per heavy atom. The number of H-pyrrole nitrogens is 1. The van der Waals surface area contributed by atoms with E-state index in [1.807, 2.05) is 37.3 Å². The molecule has 2 heterocycles. The number of imidazole rings is 1. The smallest absolute Gasteiger partial charge is 0.128 e. The van der Waals surface area contributed by atoms with Crippen LogP contribution in [0.2, 0.25) is 0 Å². The predicted octanol–water partition coefficient (Wildman–Crippen LogP) is 1.54. The number of hydrogen-bond donors (Lipinski definition) is 1. The van der Waals surface area contributed by atoms with E-state index in [9.17, 15) is 0 Å². The van der Waals surface area contributed by atoms with Gasteiger partial charge in [-0.3, -0.25) is 0 Å². The van der Waals surface area contributed by atoms with Crippen molar-refractivity contribution in [1.29, 1.82) is 0 Å². The van der Waals surface area contributed by atoms with E-state index in [4.69, 9.17) is 0 Å². The number of anilines is 1. The Hall–Kier alpha value is -1.84. The van der Waals surface area contributed by atoms with Crippen LogP contribution in [-0.4, -0.2) is 29.0 Å². The minimum absolute atomic E-state index is 0.936. The lowest BCUT2D eigenvalue weighted by molar-refractivity contribution is 1.07. The highest BCUT2D eigenvalue weighted by atomic mass is 15.1. The molecule has 2 aromatic rings. The molecular weight excluding hydrogens is 176 g/mol. The van der Waals surface area contributed by atoms with Gasteiger partial charge in [-0.1, -0.05) is 0 Å². The molecule has 0 bridgehead atoms. The maximum Gasteiger partial charge on any atom is 0.128 e. The van der Waals surface area contributed by atoms with E-state index < -0.39 is 0 Å². The van der Waals surface area contributed by atoms with Gasteiger partial charge < -0.3 is 9.88 Å². The lowest BCUT2D eigenvalue weighted by Gasteiger charge is -2.11. The van der Waals surface area contributed by atoms with Crippen molar-refractivity contribution in [3.63, 3.8) is 0 Å². The summed E-state index contributed by atoms with van der Waals surface area (Å²) in [7, 11) is 3.94. The number of aromatic amines is 1. The number of aromatic nitrogens is 3. The SMILES string of the molecule is CN(C)c1cc(-c2c[nH]cn2)ccn1. The van der Waals surface area contributed by atoms with Gasteiger partial charge in [0.15, 0.2) is 0 Å². The number of nitrogens with zero attached hydrogens (tertiary/aromatic N) is 3. The van der Waals surface area contributed by atoms with E-state index in [1.54, 1.807) is 12.5 Å². The second-order valence-electron chi connectivity index (χ2n) is 3.25. The highest BCUT2D eigenvalue weighted by molar-refractivity contribution is 5.62. The molecule has 0 saturated carbocycles. The van der Waals surface area contributed by atoms with Crippen molar-refractivity contribution in [2.45, 2.75) is 0 Å². The second kappa shape index (κ2) is 3.49. The zero-order valence-electron chi connectivity index (χ0n) is 8.23. The fraction of sp³-hybridized carbons (Fsp3) is 0.200. The van der Waals surface area contributed by atoms with E-state index in [-0.39, 0.29) is 0 Å². The molecule has 0 atom stereocenters. The van der Waals surface area contributed by atoms with E-state index >= 15 is 0 Å². The predicted molar refractivity (Wildman–Crippen MR) is 56.1 cm³/mol. The topological polar surface area (TPSA) is 44.8 Å². The van der Waals surface area contributed by atoms with E-state index in [0.29, 0.717) is 0 Å². The summed E-state index contributed by atoms with van der Waals surface area (Å²) in [5.41, 5.74) is 2.01. The average Bonchev–Trinajstić information content (AvgIpc) is 2.71. The zero-order valence-corrected chi connectivity index (χ0v) is 8.23. The summed E-state index contributed by atoms with van der Waals surface area (Å²) >= 11 is 0. The Morgan fingerprint density at radius 1 is 1.29 bits per heavy atom. The van der Waals surface area contributed by atoms with Crippen LogP contribution in [0.3, 0.4) is 0 Å². The average molecular weight is 188 g/mol. The van der Waals surface area contributed by atoms with Crippen molar-refractivity contribution < 1.29 is 0 Å². The van der Waals surface area contributed by atoms with Gasteiger partial charge in [0.2, 0.25) is 0 Å². The molecule has 0 unspecified atom stereocenters. The standard InChI is InChI=1S/C10H12N4/c1-14(2)10-5-8(3-4-12-10)9-6-11-7-13-9/h3-7H,1-2H3,(H,11,13). The Bertz CT molecular complexity index is 406. The Labute approximate surface area is 82.6 Å². The summed E-state index contributed by atoms with van der Waals surface area (Å²) in [5, 5.41) is 0. The first-order chi connectivity index (χ1) is 6.77. The number of hydrogen-bond acceptors (Lipinski definition) is 3. The summed E-state index contributed by atoms with van der Waals surface area (Å²) in [6.45, 7) is 0. The molecule has 4 nitrogen and oxygen atoms in total. The molecule has 0 saturated heterocycles. The van der Waals surface area contributed by atoms with Gasteiger partial charge in [-0.05, 0) is 12.1 Å². The lowest BCUT2D eigenvalue weighted by atomic mass is 10.2. The Morgan fingerprint density at radius 3 is 2.79 bits per heavy atom. The van der Waals surface area contributed by atoms with Crippen LogP contribution >= 0.6 is 0 Å². The van der Waals surface area contributed by atoms with Crippen LogP contribution in [-0.2, 0) is 0 Å². The van der Waals surface area contributed by atoms with Crippen LogP contribution in [0, 0.1) is 0 Å². The van der Waals surface area contributed by atoms with Crippen LogP contribution in [0.1, 0.15) is 0 Å². The van der Waals surface area contributed by atoms with E-state index in [2.05, 4.69) is 15.0 Å². The molecule has 0 aliphatic rings. The van der Waals surface area contributed by atoms with Crippen molar-refractivity contribution in [2.75, 3.05) is 19.0 Å². The molecule has 4 heteroatoms. The third-order valence-corrected chi connectivity index (χ3v) is 2.00. The summed E-state index contributed by atoms with van der Waals surface area (Å²) in [6.07, 6.45) is 5.33. The summed E-state index contributed by atoms with van der Waals surface area (Å²) in [4.78, 5) is 13.3. The molecule has 0 radical (unpaired) electrons. The summed E-state index contributed by atoms with van der Waals surface area (Å²) in [5.74, 6) is 0.936. The summed E-state index contributed by atoms with van der Waals surface area (Å²) in [6, 6.07) is 3.96. The molecule has 0 spiro atoms. The monoisotopic (exact) mass is 188 g/mol. The third-order valence-electron chi connectivity index (χ3n) is 2.00. The Kier molecular flexibility index (Phi) is 2.18. The van der Waals surface area contributed by atoms with Crippen LogP contribution in [0.5, 0.6) is 0 Å². The highest BCUT2D eigenvalue weighted by Crippen LogP contribution is 2.19. The molecule has 0 fully saturated rings. The molecule has 0 aliphatic heterocycles. The van der Waals surface area contributed by atoms with Crippen LogP contribution < -0.4 is 4.90 Å². The maximum absolute atomic E-state index is 4.24. The molecule has 2 rings (SSSR count). The molecule has 0 amide bonds. The van der Waals surface area contributed by atoms with Gasteiger partial charge in [0.25, 0.3) is 0 Å².